The monoisotopic (exact) mass is 303 g/mol. The first-order valence-corrected chi connectivity index (χ1v) is 8.06. The molecule has 0 saturated carbocycles. The molecule has 1 unspecified atom stereocenters. The highest BCUT2D eigenvalue weighted by Gasteiger charge is 2.12. The first kappa shape index (κ1) is 18.9. The summed E-state index contributed by atoms with van der Waals surface area (Å²) in [4.78, 5) is 34.0. The number of carbonyl (C=O) groups is 3. The standard InChI is InChI=1S/C13H25N3O3S/c1-3-10(17)5-7-15-12(18)6-8-16-13(19)11(14)9-20-4-2/h11H,3-9,14H2,1-2H3,(H,15,18)(H,16,19). The second-order valence-electron chi connectivity index (χ2n) is 4.30. The Hall–Kier alpha value is -1.08. The van der Waals surface area contributed by atoms with Crippen LogP contribution in [0, 0.1) is 0 Å². The Labute approximate surface area is 124 Å². The van der Waals surface area contributed by atoms with Gasteiger partial charge in [0.25, 0.3) is 0 Å². The number of thioether (sulfide) groups is 1. The van der Waals surface area contributed by atoms with Gasteiger partial charge in [0.05, 0.1) is 6.04 Å². The van der Waals surface area contributed by atoms with E-state index < -0.39 is 6.04 Å². The second-order valence-corrected chi connectivity index (χ2v) is 5.62. The quantitative estimate of drug-likeness (QED) is 0.501. The second kappa shape index (κ2) is 11.7. The third-order valence-corrected chi connectivity index (χ3v) is 3.61. The molecule has 0 aromatic carbocycles. The van der Waals surface area contributed by atoms with E-state index in [4.69, 9.17) is 5.73 Å². The summed E-state index contributed by atoms with van der Waals surface area (Å²) in [6.45, 7) is 4.41. The molecule has 6 nitrogen and oxygen atoms in total. The van der Waals surface area contributed by atoms with E-state index in [0.29, 0.717) is 25.1 Å². The molecular formula is C13H25N3O3S. The predicted molar refractivity (Wildman–Crippen MR) is 81.5 cm³/mol. The van der Waals surface area contributed by atoms with Gasteiger partial charge in [0, 0.05) is 38.1 Å². The number of hydrogen-bond donors (Lipinski definition) is 3. The van der Waals surface area contributed by atoms with E-state index in [1.165, 1.54) is 0 Å². The van der Waals surface area contributed by atoms with Gasteiger partial charge < -0.3 is 16.4 Å². The van der Waals surface area contributed by atoms with Crippen molar-refractivity contribution in [3.8, 4) is 0 Å². The minimum atomic E-state index is -0.537. The molecule has 1 atom stereocenters. The van der Waals surface area contributed by atoms with Gasteiger partial charge in [-0.2, -0.15) is 11.8 Å². The molecule has 0 fully saturated rings. The molecule has 0 aromatic heterocycles. The average Bonchev–Trinajstić information content (AvgIpc) is 2.44. The molecule has 0 aliphatic carbocycles. The minimum Gasteiger partial charge on any atom is -0.356 e. The Balaban J connectivity index is 3.65. The van der Waals surface area contributed by atoms with Crippen LogP contribution in [-0.2, 0) is 14.4 Å². The Kier molecular flexibility index (Phi) is 11.1. The highest BCUT2D eigenvalue weighted by atomic mass is 32.2. The summed E-state index contributed by atoms with van der Waals surface area (Å²) in [6.07, 6.45) is 1.03. The van der Waals surface area contributed by atoms with E-state index in [0.717, 1.165) is 5.75 Å². The number of hydrogen-bond acceptors (Lipinski definition) is 5. The van der Waals surface area contributed by atoms with Crippen LogP contribution in [0.5, 0.6) is 0 Å². The molecule has 20 heavy (non-hydrogen) atoms. The predicted octanol–water partition coefficient (Wildman–Crippen LogP) is 0.0585. The smallest absolute Gasteiger partial charge is 0.237 e. The first-order chi connectivity index (χ1) is 9.51. The lowest BCUT2D eigenvalue weighted by Gasteiger charge is -2.11. The van der Waals surface area contributed by atoms with Crippen LogP contribution in [0.2, 0.25) is 0 Å². The van der Waals surface area contributed by atoms with Crippen molar-refractivity contribution in [2.24, 2.45) is 5.73 Å². The van der Waals surface area contributed by atoms with Crippen LogP contribution >= 0.6 is 11.8 Å². The SMILES string of the molecule is CCSCC(N)C(=O)NCCC(=O)NCCC(=O)CC. The van der Waals surface area contributed by atoms with E-state index in [1.807, 2.05) is 6.92 Å². The molecule has 116 valence electrons. The lowest BCUT2D eigenvalue weighted by atomic mass is 10.2. The number of ketones is 1. The summed E-state index contributed by atoms with van der Waals surface area (Å²) in [5.41, 5.74) is 5.68. The van der Waals surface area contributed by atoms with Crippen LogP contribution in [-0.4, -0.2) is 48.2 Å². The minimum absolute atomic E-state index is 0.123. The summed E-state index contributed by atoms with van der Waals surface area (Å²) in [7, 11) is 0. The fourth-order valence-electron chi connectivity index (χ4n) is 1.36. The van der Waals surface area contributed by atoms with Gasteiger partial charge >= 0.3 is 0 Å². The molecule has 0 spiro atoms. The van der Waals surface area contributed by atoms with Crippen LogP contribution in [0.3, 0.4) is 0 Å². The van der Waals surface area contributed by atoms with Crippen molar-refractivity contribution in [2.75, 3.05) is 24.6 Å². The Morgan fingerprint density at radius 1 is 1.10 bits per heavy atom. The maximum Gasteiger partial charge on any atom is 0.237 e. The van der Waals surface area contributed by atoms with Gasteiger partial charge in [-0.3, -0.25) is 14.4 Å². The topological polar surface area (TPSA) is 101 Å². The molecule has 0 aliphatic heterocycles. The molecule has 7 heteroatoms. The lowest BCUT2D eigenvalue weighted by molar-refractivity contribution is -0.122. The van der Waals surface area contributed by atoms with Crippen molar-refractivity contribution in [3.05, 3.63) is 0 Å². The number of nitrogens with one attached hydrogen (secondary N) is 2. The molecule has 0 rings (SSSR count). The van der Waals surface area contributed by atoms with Gasteiger partial charge in [-0.15, -0.1) is 0 Å². The largest absolute Gasteiger partial charge is 0.356 e. The van der Waals surface area contributed by atoms with Gasteiger partial charge in [-0.05, 0) is 5.75 Å². The van der Waals surface area contributed by atoms with Gasteiger partial charge in [0.1, 0.15) is 5.78 Å². The molecular weight excluding hydrogens is 278 g/mol. The van der Waals surface area contributed by atoms with Crippen LogP contribution < -0.4 is 16.4 Å². The number of Topliss-reactive ketones (excluding diaryl/α,β-unsaturated/α-hetero) is 1. The Bertz CT molecular complexity index is 324. The van der Waals surface area contributed by atoms with E-state index in [9.17, 15) is 14.4 Å². The Morgan fingerprint density at radius 3 is 2.35 bits per heavy atom. The van der Waals surface area contributed by atoms with E-state index >= 15 is 0 Å². The number of nitrogens with two attached hydrogens (primary N) is 1. The molecule has 0 aromatic rings. The summed E-state index contributed by atoms with van der Waals surface area (Å²) in [5, 5.41) is 5.27. The molecule has 0 radical (unpaired) electrons. The zero-order valence-corrected chi connectivity index (χ0v) is 13.1. The van der Waals surface area contributed by atoms with Crippen LogP contribution in [0.4, 0.5) is 0 Å². The van der Waals surface area contributed by atoms with Gasteiger partial charge in [-0.1, -0.05) is 13.8 Å². The molecule has 0 aliphatic rings. The molecule has 2 amide bonds. The molecule has 4 N–H and O–H groups in total. The fourth-order valence-corrected chi connectivity index (χ4v) is 2.00. The maximum absolute atomic E-state index is 11.5. The number of rotatable bonds is 11. The highest BCUT2D eigenvalue weighted by Crippen LogP contribution is 1.99. The molecule has 0 bridgehead atoms. The third kappa shape index (κ3) is 9.80. The van der Waals surface area contributed by atoms with Crippen molar-refractivity contribution in [3.63, 3.8) is 0 Å². The van der Waals surface area contributed by atoms with Gasteiger partial charge in [0.15, 0.2) is 0 Å². The average molecular weight is 303 g/mol. The normalized spacial score (nSPS) is 11.8. The lowest BCUT2D eigenvalue weighted by Crippen LogP contribution is -2.43. The van der Waals surface area contributed by atoms with E-state index in [1.54, 1.807) is 18.7 Å². The third-order valence-electron chi connectivity index (χ3n) is 2.61. The summed E-state index contributed by atoms with van der Waals surface area (Å²) in [5.74, 6) is 1.21. The van der Waals surface area contributed by atoms with Crippen molar-refractivity contribution < 1.29 is 14.4 Å². The maximum atomic E-state index is 11.5. The van der Waals surface area contributed by atoms with E-state index in [-0.39, 0.29) is 30.6 Å². The van der Waals surface area contributed by atoms with Crippen LogP contribution in [0.25, 0.3) is 0 Å². The zero-order chi connectivity index (χ0) is 15.4. The van der Waals surface area contributed by atoms with Crippen LogP contribution in [0.1, 0.15) is 33.1 Å². The Morgan fingerprint density at radius 2 is 1.75 bits per heavy atom. The zero-order valence-electron chi connectivity index (χ0n) is 12.2. The van der Waals surface area contributed by atoms with Crippen molar-refractivity contribution in [1.29, 1.82) is 0 Å². The molecule has 0 heterocycles. The number of carbonyl (C=O) groups excluding carboxylic acids is 3. The summed E-state index contributed by atoms with van der Waals surface area (Å²) >= 11 is 1.60. The van der Waals surface area contributed by atoms with Gasteiger partial charge in [0.2, 0.25) is 11.8 Å². The number of amides is 2. The summed E-state index contributed by atoms with van der Waals surface area (Å²) < 4.78 is 0. The first-order valence-electron chi connectivity index (χ1n) is 6.90. The molecule has 0 saturated heterocycles. The van der Waals surface area contributed by atoms with Crippen LogP contribution in [0.15, 0.2) is 0 Å². The van der Waals surface area contributed by atoms with Crippen molar-refractivity contribution >= 4 is 29.4 Å². The van der Waals surface area contributed by atoms with E-state index in [2.05, 4.69) is 10.6 Å². The van der Waals surface area contributed by atoms with Crippen molar-refractivity contribution in [2.45, 2.75) is 39.2 Å². The summed E-state index contributed by atoms with van der Waals surface area (Å²) in [6, 6.07) is -0.537. The fraction of sp³-hybridized carbons (Fsp3) is 0.769. The highest BCUT2D eigenvalue weighted by molar-refractivity contribution is 7.99. The van der Waals surface area contributed by atoms with Crippen molar-refractivity contribution in [1.82, 2.24) is 10.6 Å². The van der Waals surface area contributed by atoms with Gasteiger partial charge in [-0.25, -0.2) is 0 Å².